The molecular formula is C20H18Cl3N3O2. The van der Waals surface area contributed by atoms with Crippen LogP contribution in [-0.2, 0) is 4.79 Å². The molecule has 28 heavy (non-hydrogen) atoms. The Morgan fingerprint density at radius 1 is 1.00 bits per heavy atom. The summed E-state index contributed by atoms with van der Waals surface area (Å²) in [6, 6.07) is 12.2. The number of benzene rings is 2. The van der Waals surface area contributed by atoms with Gasteiger partial charge in [-0.05, 0) is 31.0 Å². The van der Waals surface area contributed by atoms with Crippen LogP contribution in [-0.4, -0.2) is 36.0 Å². The second-order valence-electron chi connectivity index (χ2n) is 6.42. The van der Waals surface area contributed by atoms with Gasteiger partial charge in [-0.3, -0.25) is 9.59 Å². The minimum Gasteiger partial charge on any atom is -0.339 e. The zero-order chi connectivity index (χ0) is 20.1. The molecule has 5 nitrogen and oxygen atoms in total. The minimum absolute atomic E-state index is 0.113. The third-order valence-corrected chi connectivity index (χ3v) is 5.78. The van der Waals surface area contributed by atoms with Crippen LogP contribution >= 0.6 is 34.8 Å². The molecule has 8 heteroatoms. The molecule has 0 bridgehead atoms. The number of nitrogens with one attached hydrogen (secondary N) is 1. The predicted molar refractivity (Wildman–Crippen MR) is 112 cm³/mol. The van der Waals surface area contributed by atoms with Crippen LogP contribution in [0.25, 0.3) is 0 Å². The van der Waals surface area contributed by atoms with Crippen molar-refractivity contribution in [3.63, 3.8) is 0 Å². The van der Waals surface area contributed by atoms with Crippen molar-refractivity contribution >= 4 is 52.8 Å². The summed E-state index contributed by atoms with van der Waals surface area (Å²) in [6.07, 6.45) is 2.59. The van der Waals surface area contributed by atoms with Crippen LogP contribution in [0.1, 0.15) is 28.8 Å². The molecule has 0 atom stereocenters. The first kappa shape index (κ1) is 20.6. The van der Waals surface area contributed by atoms with Crippen molar-refractivity contribution in [3.05, 3.63) is 68.7 Å². The minimum atomic E-state index is -0.206. The molecule has 2 aromatic carbocycles. The fourth-order valence-electron chi connectivity index (χ4n) is 3.03. The molecule has 1 aliphatic rings. The maximum atomic E-state index is 12.6. The van der Waals surface area contributed by atoms with E-state index in [2.05, 4.69) is 10.5 Å². The van der Waals surface area contributed by atoms with Crippen molar-refractivity contribution < 1.29 is 9.59 Å². The third-order valence-electron chi connectivity index (χ3n) is 4.62. The molecule has 1 heterocycles. The molecule has 0 unspecified atom stereocenters. The predicted octanol–water partition coefficient (Wildman–Crippen LogP) is 4.65. The van der Waals surface area contributed by atoms with Gasteiger partial charge in [0.15, 0.2) is 0 Å². The van der Waals surface area contributed by atoms with Gasteiger partial charge in [-0.15, -0.1) is 0 Å². The van der Waals surface area contributed by atoms with Gasteiger partial charge in [-0.25, -0.2) is 5.43 Å². The van der Waals surface area contributed by atoms with E-state index in [-0.39, 0.29) is 17.7 Å². The molecule has 1 fully saturated rings. The Balaban J connectivity index is 1.52. The Morgan fingerprint density at radius 2 is 1.68 bits per heavy atom. The lowest BCUT2D eigenvalue weighted by Crippen LogP contribution is -2.42. The quantitative estimate of drug-likeness (QED) is 0.558. The first-order valence-electron chi connectivity index (χ1n) is 8.78. The van der Waals surface area contributed by atoms with Crippen molar-refractivity contribution in [2.75, 3.05) is 13.1 Å². The van der Waals surface area contributed by atoms with Crippen LogP contribution < -0.4 is 5.43 Å². The van der Waals surface area contributed by atoms with Crippen molar-refractivity contribution in [3.8, 4) is 0 Å². The van der Waals surface area contributed by atoms with Crippen LogP contribution in [0.5, 0.6) is 0 Å². The molecular weight excluding hydrogens is 421 g/mol. The topological polar surface area (TPSA) is 61.8 Å². The van der Waals surface area contributed by atoms with Gasteiger partial charge in [0, 0.05) is 24.6 Å². The molecule has 3 rings (SSSR count). The van der Waals surface area contributed by atoms with E-state index < -0.39 is 0 Å². The lowest BCUT2D eigenvalue weighted by atomic mass is 9.95. The summed E-state index contributed by atoms with van der Waals surface area (Å²) in [5.41, 5.74) is 3.64. The van der Waals surface area contributed by atoms with Gasteiger partial charge >= 0.3 is 0 Å². The molecule has 0 radical (unpaired) electrons. The smallest absolute Gasteiger partial charge is 0.255 e. The first-order valence-corrected chi connectivity index (χ1v) is 9.91. The summed E-state index contributed by atoms with van der Waals surface area (Å²) in [7, 11) is 0. The summed E-state index contributed by atoms with van der Waals surface area (Å²) in [4.78, 5) is 26.6. The Morgan fingerprint density at radius 3 is 2.39 bits per heavy atom. The molecule has 2 amide bonds. The average molecular weight is 439 g/mol. The van der Waals surface area contributed by atoms with Gasteiger partial charge in [0.05, 0.1) is 26.8 Å². The van der Waals surface area contributed by atoms with Crippen LogP contribution in [0.2, 0.25) is 15.1 Å². The number of piperidine rings is 1. The van der Waals surface area contributed by atoms with Gasteiger partial charge in [0.1, 0.15) is 0 Å². The highest BCUT2D eigenvalue weighted by Crippen LogP contribution is 2.24. The number of hydrogen-bond donors (Lipinski definition) is 1. The van der Waals surface area contributed by atoms with E-state index in [1.807, 2.05) is 0 Å². The summed E-state index contributed by atoms with van der Waals surface area (Å²) in [5, 5.41) is 5.20. The largest absolute Gasteiger partial charge is 0.339 e. The Kier molecular flexibility index (Phi) is 6.94. The van der Waals surface area contributed by atoms with Crippen molar-refractivity contribution in [1.82, 2.24) is 10.3 Å². The first-order chi connectivity index (χ1) is 13.5. The molecule has 146 valence electrons. The summed E-state index contributed by atoms with van der Waals surface area (Å²) >= 11 is 18.1. The Hall–Kier alpha value is -2.08. The molecule has 1 N–H and O–H groups in total. The molecule has 0 spiro atoms. The highest BCUT2D eigenvalue weighted by atomic mass is 35.5. The average Bonchev–Trinajstić information content (AvgIpc) is 2.71. The molecule has 0 saturated carbocycles. The maximum Gasteiger partial charge on any atom is 0.255 e. The van der Waals surface area contributed by atoms with E-state index in [1.54, 1.807) is 47.4 Å². The van der Waals surface area contributed by atoms with Gasteiger partial charge in [0.2, 0.25) is 5.91 Å². The van der Waals surface area contributed by atoms with Crippen molar-refractivity contribution in [2.24, 2.45) is 11.0 Å². The van der Waals surface area contributed by atoms with E-state index in [1.165, 1.54) is 6.21 Å². The lowest BCUT2D eigenvalue weighted by molar-refractivity contribution is -0.126. The number of amides is 2. The van der Waals surface area contributed by atoms with Gasteiger partial charge in [-0.1, -0.05) is 59.1 Å². The van der Waals surface area contributed by atoms with E-state index >= 15 is 0 Å². The Bertz CT molecular complexity index is 909. The number of nitrogens with zero attached hydrogens (tertiary/aromatic N) is 2. The molecule has 0 aromatic heterocycles. The monoisotopic (exact) mass is 437 g/mol. The van der Waals surface area contributed by atoms with E-state index in [0.717, 1.165) is 0 Å². The second-order valence-corrected chi connectivity index (χ2v) is 7.62. The standard InChI is InChI=1S/C20H18Cl3N3O2/c21-16-6-2-1-5-15(16)20(28)26-10-8-13(9-11-26)19(27)25-24-12-14-4-3-7-17(22)18(14)23/h1-7,12-13H,8-11H2,(H,25,27)/b24-12-. The van der Waals surface area contributed by atoms with Crippen molar-refractivity contribution in [1.29, 1.82) is 0 Å². The van der Waals surface area contributed by atoms with Gasteiger partial charge in [-0.2, -0.15) is 5.10 Å². The fourth-order valence-corrected chi connectivity index (χ4v) is 3.60. The zero-order valence-corrected chi connectivity index (χ0v) is 17.1. The van der Waals surface area contributed by atoms with Crippen molar-refractivity contribution in [2.45, 2.75) is 12.8 Å². The number of hydrazone groups is 1. The van der Waals surface area contributed by atoms with Crippen LogP contribution in [0, 0.1) is 5.92 Å². The highest BCUT2D eigenvalue weighted by Gasteiger charge is 2.28. The van der Waals surface area contributed by atoms with Crippen LogP contribution in [0.15, 0.2) is 47.6 Å². The number of rotatable bonds is 4. The number of carbonyl (C=O) groups is 2. The van der Waals surface area contributed by atoms with Gasteiger partial charge in [0.25, 0.3) is 5.91 Å². The second kappa shape index (κ2) is 9.41. The number of carbonyl (C=O) groups excluding carboxylic acids is 2. The number of likely N-dealkylation sites (tertiary alicyclic amines) is 1. The Labute approximate surface area is 178 Å². The van der Waals surface area contributed by atoms with Gasteiger partial charge < -0.3 is 4.90 Å². The number of hydrogen-bond acceptors (Lipinski definition) is 3. The molecule has 1 aliphatic heterocycles. The summed E-state index contributed by atoms with van der Waals surface area (Å²) < 4.78 is 0. The summed E-state index contributed by atoms with van der Waals surface area (Å²) in [6.45, 7) is 0.984. The van der Waals surface area contributed by atoms with Crippen LogP contribution in [0.3, 0.4) is 0 Å². The molecule has 0 aliphatic carbocycles. The fraction of sp³-hybridized carbons (Fsp3) is 0.250. The highest BCUT2D eigenvalue weighted by molar-refractivity contribution is 6.43. The molecule has 2 aromatic rings. The maximum absolute atomic E-state index is 12.6. The van der Waals surface area contributed by atoms with E-state index in [0.29, 0.717) is 52.1 Å². The summed E-state index contributed by atoms with van der Waals surface area (Å²) in [5.74, 6) is -0.500. The zero-order valence-electron chi connectivity index (χ0n) is 14.9. The lowest BCUT2D eigenvalue weighted by Gasteiger charge is -2.31. The van der Waals surface area contributed by atoms with Crippen LogP contribution in [0.4, 0.5) is 0 Å². The third kappa shape index (κ3) is 4.85. The van der Waals surface area contributed by atoms with E-state index in [9.17, 15) is 9.59 Å². The number of halogens is 3. The normalized spacial score (nSPS) is 15.0. The molecule has 1 saturated heterocycles. The SMILES string of the molecule is O=C(N/N=C\c1cccc(Cl)c1Cl)C1CCN(C(=O)c2ccccc2Cl)CC1. The van der Waals surface area contributed by atoms with E-state index in [4.69, 9.17) is 34.8 Å².